The average Bonchev–Trinajstić information content (AvgIpc) is 2.56. The first-order valence-electron chi connectivity index (χ1n) is 6.70. The van der Waals surface area contributed by atoms with Crippen molar-refractivity contribution < 1.29 is 9.59 Å². The predicted octanol–water partition coefficient (Wildman–Crippen LogP) is 2.52. The van der Waals surface area contributed by atoms with Crippen LogP contribution in [0.4, 0.5) is 4.79 Å². The maximum absolute atomic E-state index is 12.1. The van der Waals surface area contributed by atoms with Crippen molar-refractivity contribution in [1.29, 1.82) is 0 Å². The topological polar surface area (TPSA) is 49.4 Å². The molecule has 0 aromatic heterocycles. The van der Waals surface area contributed by atoms with Crippen LogP contribution in [0.15, 0.2) is 18.2 Å². The zero-order chi connectivity index (χ0) is 14.0. The van der Waals surface area contributed by atoms with Crippen molar-refractivity contribution in [2.75, 3.05) is 0 Å². The molecule has 2 rings (SSSR count). The molecule has 1 aromatic carbocycles. The number of nitrogens with zero attached hydrogens (tertiary/aromatic N) is 1. The number of imide groups is 1. The van der Waals surface area contributed by atoms with E-state index in [0.29, 0.717) is 13.0 Å². The summed E-state index contributed by atoms with van der Waals surface area (Å²) in [5.41, 5.74) is 3.29. The lowest BCUT2D eigenvalue weighted by molar-refractivity contribution is -0.128. The Labute approximate surface area is 113 Å². The summed E-state index contributed by atoms with van der Waals surface area (Å²) in [5, 5.41) is 2.74. The lowest BCUT2D eigenvalue weighted by Crippen LogP contribution is -2.31. The molecule has 0 bridgehead atoms. The van der Waals surface area contributed by atoms with Crippen LogP contribution < -0.4 is 5.32 Å². The smallest absolute Gasteiger partial charge is 0.325 e. The van der Waals surface area contributed by atoms with Gasteiger partial charge in [0.1, 0.15) is 6.04 Å². The van der Waals surface area contributed by atoms with E-state index in [2.05, 4.69) is 11.4 Å². The maximum Gasteiger partial charge on any atom is 0.325 e. The Morgan fingerprint density at radius 2 is 1.79 bits per heavy atom. The first-order valence-corrected chi connectivity index (χ1v) is 6.70. The minimum absolute atomic E-state index is 0.106. The van der Waals surface area contributed by atoms with Gasteiger partial charge in [-0.1, -0.05) is 42.7 Å². The monoisotopic (exact) mass is 260 g/mol. The normalized spacial score (nSPS) is 18.9. The van der Waals surface area contributed by atoms with E-state index in [9.17, 15) is 9.59 Å². The molecule has 1 aliphatic rings. The number of benzene rings is 1. The molecule has 1 saturated heterocycles. The molecule has 4 nitrogen and oxygen atoms in total. The number of amides is 3. The van der Waals surface area contributed by atoms with Crippen molar-refractivity contribution in [2.45, 2.75) is 46.2 Å². The standard InChI is InChI=1S/C15H20N2O2/c1-4-5-13-14(18)17(15(19)16-13)9-12-7-10(2)6-11(3)8-12/h6-8,13H,4-5,9H2,1-3H3,(H,16,19). The molecule has 1 aromatic rings. The third kappa shape index (κ3) is 2.95. The van der Waals surface area contributed by atoms with Crippen molar-refractivity contribution >= 4 is 11.9 Å². The molecular formula is C15H20N2O2. The molecule has 19 heavy (non-hydrogen) atoms. The van der Waals surface area contributed by atoms with Crippen LogP contribution in [0.3, 0.4) is 0 Å². The number of hydrogen-bond donors (Lipinski definition) is 1. The Bertz CT molecular complexity index is 491. The van der Waals surface area contributed by atoms with Gasteiger partial charge in [-0.25, -0.2) is 4.79 Å². The fourth-order valence-electron chi connectivity index (χ4n) is 2.55. The molecule has 0 spiro atoms. The summed E-state index contributed by atoms with van der Waals surface area (Å²) in [6.07, 6.45) is 1.59. The highest BCUT2D eigenvalue weighted by atomic mass is 16.2. The van der Waals surface area contributed by atoms with Crippen LogP contribution in [0.1, 0.15) is 36.5 Å². The molecule has 3 amide bonds. The molecule has 1 unspecified atom stereocenters. The van der Waals surface area contributed by atoms with Gasteiger partial charge < -0.3 is 5.32 Å². The van der Waals surface area contributed by atoms with Gasteiger partial charge in [0.2, 0.25) is 0 Å². The zero-order valence-corrected chi connectivity index (χ0v) is 11.7. The van der Waals surface area contributed by atoms with E-state index in [-0.39, 0.29) is 18.0 Å². The first kappa shape index (κ1) is 13.6. The van der Waals surface area contributed by atoms with Gasteiger partial charge in [-0.3, -0.25) is 9.69 Å². The second kappa shape index (κ2) is 5.43. The number of rotatable bonds is 4. The van der Waals surface area contributed by atoms with Crippen LogP contribution in [0.5, 0.6) is 0 Å². The predicted molar refractivity (Wildman–Crippen MR) is 73.7 cm³/mol. The van der Waals surface area contributed by atoms with Crippen LogP contribution in [0.25, 0.3) is 0 Å². The summed E-state index contributed by atoms with van der Waals surface area (Å²) in [7, 11) is 0. The summed E-state index contributed by atoms with van der Waals surface area (Å²) in [4.78, 5) is 25.3. The van der Waals surface area contributed by atoms with E-state index in [1.807, 2.05) is 32.9 Å². The highest BCUT2D eigenvalue weighted by Crippen LogP contribution is 2.16. The van der Waals surface area contributed by atoms with Crippen LogP contribution in [-0.4, -0.2) is 22.9 Å². The molecule has 1 N–H and O–H groups in total. The zero-order valence-electron chi connectivity index (χ0n) is 11.7. The largest absolute Gasteiger partial charge is 0.326 e. The highest BCUT2D eigenvalue weighted by molar-refractivity contribution is 6.04. The van der Waals surface area contributed by atoms with E-state index in [1.165, 1.54) is 4.90 Å². The number of urea groups is 1. The lowest BCUT2D eigenvalue weighted by atomic mass is 10.1. The molecule has 1 fully saturated rings. The SMILES string of the molecule is CCCC1NC(=O)N(Cc2cc(C)cc(C)c2)C1=O. The molecule has 0 radical (unpaired) electrons. The van der Waals surface area contributed by atoms with E-state index in [4.69, 9.17) is 0 Å². The van der Waals surface area contributed by atoms with Crippen molar-refractivity contribution in [3.05, 3.63) is 34.9 Å². The second-order valence-corrected chi connectivity index (χ2v) is 5.21. The van der Waals surface area contributed by atoms with Gasteiger partial charge in [0, 0.05) is 0 Å². The van der Waals surface area contributed by atoms with Crippen molar-refractivity contribution in [3.8, 4) is 0 Å². The van der Waals surface area contributed by atoms with Crippen molar-refractivity contribution in [2.24, 2.45) is 0 Å². The molecular weight excluding hydrogens is 240 g/mol. The summed E-state index contributed by atoms with van der Waals surface area (Å²) >= 11 is 0. The molecule has 1 atom stereocenters. The van der Waals surface area contributed by atoms with E-state index in [1.54, 1.807) is 0 Å². The van der Waals surface area contributed by atoms with Crippen molar-refractivity contribution in [1.82, 2.24) is 10.2 Å². The fourth-order valence-corrected chi connectivity index (χ4v) is 2.55. The second-order valence-electron chi connectivity index (χ2n) is 5.21. The van der Waals surface area contributed by atoms with Gasteiger partial charge in [-0.05, 0) is 25.8 Å². The van der Waals surface area contributed by atoms with Crippen molar-refractivity contribution in [3.63, 3.8) is 0 Å². The molecule has 4 heteroatoms. The highest BCUT2D eigenvalue weighted by Gasteiger charge is 2.37. The van der Waals surface area contributed by atoms with Gasteiger partial charge in [0.15, 0.2) is 0 Å². The van der Waals surface area contributed by atoms with Crippen LogP contribution in [0, 0.1) is 13.8 Å². The van der Waals surface area contributed by atoms with Gasteiger partial charge in [-0.2, -0.15) is 0 Å². The Kier molecular flexibility index (Phi) is 3.88. The number of carbonyl (C=O) groups excluding carboxylic acids is 2. The number of aryl methyl sites for hydroxylation is 2. The quantitative estimate of drug-likeness (QED) is 0.846. The number of hydrogen-bond acceptors (Lipinski definition) is 2. The Morgan fingerprint density at radius 1 is 1.16 bits per heavy atom. The summed E-state index contributed by atoms with van der Waals surface area (Å²) in [5.74, 6) is -0.106. The van der Waals surface area contributed by atoms with E-state index < -0.39 is 0 Å². The Balaban J connectivity index is 2.14. The number of nitrogens with one attached hydrogen (secondary N) is 1. The van der Waals surface area contributed by atoms with E-state index in [0.717, 1.165) is 23.1 Å². The molecule has 1 heterocycles. The summed E-state index contributed by atoms with van der Waals surface area (Å²) in [6, 6.07) is 5.49. The van der Waals surface area contributed by atoms with Crippen LogP contribution in [0.2, 0.25) is 0 Å². The third-order valence-electron chi connectivity index (χ3n) is 3.31. The van der Waals surface area contributed by atoms with Crippen LogP contribution >= 0.6 is 0 Å². The number of carbonyl (C=O) groups is 2. The van der Waals surface area contributed by atoms with Gasteiger partial charge >= 0.3 is 6.03 Å². The molecule has 0 aliphatic carbocycles. The lowest BCUT2D eigenvalue weighted by Gasteiger charge is -2.14. The summed E-state index contributed by atoms with van der Waals surface area (Å²) < 4.78 is 0. The maximum atomic E-state index is 12.1. The molecule has 102 valence electrons. The van der Waals surface area contributed by atoms with Gasteiger partial charge in [0.05, 0.1) is 6.54 Å². The third-order valence-corrected chi connectivity index (χ3v) is 3.31. The fraction of sp³-hybridized carbons (Fsp3) is 0.467. The van der Waals surface area contributed by atoms with Crippen LogP contribution in [-0.2, 0) is 11.3 Å². The first-order chi connectivity index (χ1) is 9.01. The van der Waals surface area contributed by atoms with Gasteiger partial charge in [-0.15, -0.1) is 0 Å². The Morgan fingerprint density at radius 3 is 2.37 bits per heavy atom. The minimum Gasteiger partial charge on any atom is -0.326 e. The summed E-state index contributed by atoms with van der Waals surface area (Å²) in [6.45, 7) is 6.39. The van der Waals surface area contributed by atoms with E-state index >= 15 is 0 Å². The Hall–Kier alpha value is -1.84. The minimum atomic E-state index is -0.344. The molecule has 1 aliphatic heterocycles. The van der Waals surface area contributed by atoms with Gasteiger partial charge in [0.25, 0.3) is 5.91 Å². The average molecular weight is 260 g/mol. The molecule has 0 saturated carbocycles.